The van der Waals surface area contributed by atoms with Crippen LogP contribution < -0.4 is 10.6 Å². The Labute approximate surface area is 196 Å². The van der Waals surface area contributed by atoms with Gasteiger partial charge < -0.3 is 29.6 Å². The standard InChI is InChI=1S/C21H33F3N2O8/c1-12-17(26-13(2)27)19(34-16(11-32-14(3)28)18(12)33-15(4)29)31-10-8-6-5-7-9-25-20(30)21(22,23)24/h12,16-19H,5-11H2,1-4H3,(H,25,30)(H,26,27). The Hall–Kier alpha value is -2.41. The van der Waals surface area contributed by atoms with E-state index in [-0.39, 0.29) is 25.7 Å². The van der Waals surface area contributed by atoms with Crippen molar-refractivity contribution >= 4 is 23.8 Å². The molecule has 5 atom stereocenters. The number of ether oxygens (including phenoxy) is 4. The second-order valence-electron chi connectivity index (χ2n) is 8.04. The Bertz CT molecular complexity index is 702. The number of hydrogen-bond donors (Lipinski definition) is 2. The molecule has 1 rings (SSSR count). The number of esters is 2. The summed E-state index contributed by atoms with van der Waals surface area (Å²) in [4.78, 5) is 45.3. The van der Waals surface area contributed by atoms with Crippen molar-refractivity contribution in [3.05, 3.63) is 0 Å². The van der Waals surface area contributed by atoms with E-state index in [0.717, 1.165) is 0 Å². The summed E-state index contributed by atoms with van der Waals surface area (Å²) in [6.45, 7) is 5.52. The molecule has 0 aromatic carbocycles. The molecular weight excluding hydrogens is 465 g/mol. The van der Waals surface area contributed by atoms with E-state index in [1.54, 1.807) is 6.92 Å². The minimum Gasteiger partial charge on any atom is -0.463 e. The van der Waals surface area contributed by atoms with Crippen LogP contribution in [0.4, 0.5) is 13.2 Å². The maximum atomic E-state index is 12.1. The monoisotopic (exact) mass is 498 g/mol. The van der Waals surface area contributed by atoms with Crippen molar-refractivity contribution in [1.82, 2.24) is 10.6 Å². The van der Waals surface area contributed by atoms with Crippen molar-refractivity contribution < 1.29 is 51.3 Å². The maximum Gasteiger partial charge on any atom is 0.471 e. The number of hydrogen-bond acceptors (Lipinski definition) is 8. The number of nitrogens with one attached hydrogen (secondary N) is 2. The Morgan fingerprint density at radius 1 is 0.971 bits per heavy atom. The zero-order chi connectivity index (χ0) is 25.9. The molecular formula is C21H33F3N2O8. The second kappa shape index (κ2) is 14.1. The fourth-order valence-electron chi connectivity index (χ4n) is 3.49. The lowest BCUT2D eigenvalue weighted by Crippen LogP contribution is -2.62. The average Bonchev–Trinajstić information content (AvgIpc) is 2.71. The number of unbranched alkanes of at least 4 members (excludes halogenated alkanes) is 3. The first-order valence-corrected chi connectivity index (χ1v) is 11.0. The van der Waals surface area contributed by atoms with Crippen LogP contribution >= 0.6 is 0 Å². The Kier molecular flexibility index (Phi) is 12.3. The summed E-state index contributed by atoms with van der Waals surface area (Å²) >= 11 is 0. The predicted octanol–water partition coefficient (Wildman–Crippen LogP) is 1.60. The molecule has 1 fully saturated rings. The van der Waals surface area contributed by atoms with E-state index in [1.165, 1.54) is 20.8 Å². The van der Waals surface area contributed by atoms with Gasteiger partial charge in [0, 0.05) is 39.8 Å². The lowest BCUT2D eigenvalue weighted by atomic mass is 9.88. The highest BCUT2D eigenvalue weighted by atomic mass is 19.4. The highest BCUT2D eigenvalue weighted by Gasteiger charge is 2.47. The maximum absolute atomic E-state index is 12.1. The first-order valence-electron chi connectivity index (χ1n) is 11.0. The van der Waals surface area contributed by atoms with Gasteiger partial charge in [-0.15, -0.1) is 0 Å². The van der Waals surface area contributed by atoms with Gasteiger partial charge in [-0.3, -0.25) is 19.2 Å². The highest BCUT2D eigenvalue weighted by molar-refractivity contribution is 5.81. The van der Waals surface area contributed by atoms with Crippen molar-refractivity contribution in [2.75, 3.05) is 19.8 Å². The van der Waals surface area contributed by atoms with Crippen LogP contribution in [-0.4, -0.2) is 74.2 Å². The first kappa shape index (κ1) is 29.6. The molecule has 0 aromatic heterocycles. The molecule has 1 heterocycles. The topological polar surface area (TPSA) is 129 Å². The molecule has 13 heteroatoms. The third-order valence-electron chi connectivity index (χ3n) is 5.07. The molecule has 0 aromatic rings. The van der Waals surface area contributed by atoms with E-state index in [0.29, 0.717) is 25.7 Å². The summed E-state index contributed by atoms with van der Waals surface area (Å²) in [7, 11) is 0. The number of alkyl halides is 3. The number of carbonyl (C=O) groups is 4. The normalized spacial score (nSPS) is 24.7. The van der Waals surface area contributed by atoms with E-state index in [9.17, 15) is 32.3 Å². The van der Waals surface area contributed by atoms with E-state index in [1.807, 2.05) is 5.32 Å². The molecule has 0 radical (unpaired) electrons. The van der Waals surface area contributed by atoms with E-state index in [4.69, 9.17) is 18.9 Å². The van der Waals surface area contributed by atoms with Crippen molar-refractivity contribution in [3.8, 4) is 0 Å². The van der Waals surface area contributed by atoms with Gasteiger partial charge in [0.25, 0.3) is 0 Å². The van der Waals surface area contributed by atoms with Crippen LogP contribution in [0.2, 0.25) is 0 Å². The summed E-state index contributed by atoms with van der Waals surface area (Å²) < 4.78 is 58.5. The lowest BCUT2D eigenvalue weighted by molar-refractivity contribution is -0.262. The van der Waals surface area contributed by atoms with Gasteiger partial charge in [0.2, 0.25) is 5.91 Å². The SMILES string of the molecule is CC(=O)NC1C(OCCCCCCNC(=O)C(F)(F)F)OC(COC(C)=O)C(OC(C)=O)C1C. The van der Waals surface area contributed by atoms with Crippen molar-refractivity contribution in [3.63, 3.8) is 0 Å². The Balaban J connectivity index is 2.60. The minimum atomic E-state index is -4.89. The van der Waals surface area contributed by atoms with Gasteiger partial charge in [0.1, 0.15) is 18.8 Å². The van der Waals surface area contributed by atoms with Gasteiger partial charge in [-0.2, -0.15) is 13.2 Å². The largest absolute Gasteiger partial charge is 0.471 e. The molecule has 5 unspecified atom stereocenters. The zero-order valence-corrected chi connectivity index (χ0v) is 19.7. The summed E-state index contributed by atoms with van der Waals surface area (Å²) in [5, 5.41) is 4.55. The van der Waals surface area contributed by atoms with Gasteiger partial charge in [0.15, 0.2) is 6.29 Å². The molecule has 0 spiro atoms. The summed E-state index contributed by atoms with van der Waals surface area (Å²) in [6.07, 6.45) is -5.27. The van der Waals surface area contributed by atoms with Gasteiger partial charge >= 0.3 is 24.0 Å². The lowest BCUT2D eigenvalue weighted by Gasteiger charge is -2.44. The van der Waals surface area contributed by atoms with Gasteiger partial charge in [-0.05, 0) is 12.8 Å². The number of halogens is 3. The predicted molar refractivity (Wildman–Crippen MR) is 111 cm³/mol. The van der Waals surface area contributed by atoms with Crippen molar-refractivity contribution in [2.45, 2.75) is 84.1 Å². The molecule has 1 aliphatic rings. The first-order chi connectivity index (χ1) is 15.8. The van der Waals surface area contributed by atoms with Crippen LogP contribution in [-0.2, 0) is 38.1 Å². The third-order valence-corrected chi connectivity index (χ3v) is 5.07. The van der Waals surface area contributed by atoms with E-state index in [2.05, 4.69) is 5.32 Å². The van der Waals surface area contributed by atoms with Crippen molar-refractivity contribution in [2.24, 2.45) is 5.92 Å². The second-order valence-corrected chi connectivity index (χ2v) is 8.04. The summed E-state index contributed by atoms with van der Waals surface area (Å²) in [5.74, 6) is -3.82. The smallest absolute Gasteiger partial charge is 0.463 e. The van der Waals surface area contributed by atoms with Crippen LogP contribution in [0.1, 0.15) is 53.4 Å². The minimum absolute atomic E-state index is 0.0809. The molecule has 0 aliphatic carbocycles. The number of rotatable bonds is 12. The van der Waals surface area contributed by atoms with E-state index < -0.39 is 54.5 Å². The summed E-state index contributed by atoms with van der Waals surface area (Å²) in [6, 6.07) is -0.645. The van der Waals surface area contributed by atoms with E-state index >= 15 is 0 Å². The third kappa shape index (κ3) is 10.7. The average molecular weight is 498 g/mol. The highest BCUT2D eigenvalue weighted by Crippen LogP contribution is 2.30. The Morgan fingerprint density at radius 2 is 1.62 bits per heavy atom. The van der Waals surface area contributed by atoms with Gasteiger partial charge in [-0.25, -0.2) is 0 Å². The van der Waals surface area contributed by atoms with Gasteiger partial charge in [-0.1, -0.05) is 19.8 Å². The van der Waals surface area contributed by atoms with Crippen LogP contribution in [0.25, 0.3) is 0 Å². The van der Waals surface area contributed by atoms with Crippen LogP contribution in [0.15, 0.2) is 0 Å². The van der Waals surface area contributed by atoms with Crippen LogP contribution in [0.5, 0.6) is 0 Å². The molecule has 0 saturated carbocycles. The molecule has 1 saturated heterocycles. The molecule has 34 heavy (non-hydrogen) atoms. The molecule has 0 bridgehead atoms. The molecule has 196 valence electrons. The number of carbonyl (C=O) groups excluding carboxylic acids is 4. The molecule has 2 amide bonds. The zero-order valence-electron chi connectivity index (χ0n) is 19.7. The number of amides is 2. The molecule has 2 N–H and O–H groups in total. The summed E-state index contributed by atoms with van der Waals surface area (Å²) in [5.41, 5.74) is 0. The fourth-order valence-corrected chi connectivity index (χ4v) is 3.49. The molecule has 10 nitrogen and oxygen atoms in total. The van der Waals surface area contributed by atoms with Gasteiger partial charge in [0.05, 0.1) is 6.04 Å². The quantitative estimate of drug-likeness (QED) is 0.307. The Morgan fingerprint density at radius 3 is 2.18 bits per heavy atom. The van der Waals surface area contributed by atoms with Crippen LogP contribution in [0, 0.1) is 5.92 Å². The molecule has 1 aliphatic heterocycles. The van der Waals surface area contributed by atoms with Crippen LogP contribution in [0.3, 0.4) is 0 Å². The van der Waals surface area contributed by atoms with Crippen molar-refractivity contribution in [1.29, 1.82) is 0 Å². The fraction of sp³-hybridized carbons (Fsp3) is 0.810.